The van der Waals surface area contributed by atoms with E-state index in [4.69, 9.17) is 5.26 Å². The van der Waals surface area contributed by atoms with Crippen LogP contribution in [-0.4, -0.2) is 0 Å². The number of hydrogen-bond donors (Lipinski definition) is 1. The van der Waals surface area contributed by atoms with E-state index in [1.165, 1.54) is 0 Å². The Bertz CT molecular complexity index is 670. The molecule has 20 heavy (non-hydrogen) atoms. The minimum absolute atomic E-state index is 0.0183. The Hall–Kier alpha value is -1.93. The van der Waals surface area contributed by atoms with Gasteiger partial charge in [-0.2, -0.15) is 5.26 Å². The quantitative estimate of drug-likeness (QED) is 0.894. The first-order valence-corrected chi connectivity index (χ1v) is 6.68. The number of hydrogen-bond acceptors (Lipinski definition) is 2. The van der Waals surface area contributed by atoms with Crippen molar-refractivity contribution >= 4 is 21.6 Å². The number of aryl methyl sites for hydroxylation is 1. The summed E-state index contributed by atoms with van der Waals surface area (Å²) in [6, 6.07) is 9.35. The molecule has 0 saturated heterocycles. The largest absolute Gasteiger partial charge is 0.381 e. The maximum atomic E-state index is 13.7. The summed E-state index contributed by atoms with van der Waals surface area (Å²) < 4.78 is 28.4. The molecule has 0 bridgehead atoms. The van der Waals surface area contributed by atoms with Gasteiger partial charge in [0.1, 0.15) is 11.6 Å². The van der Waals surface area contributed by atoms with Gasteiger partial charge in [0.2, 0.25) is 0 Å². The normalized spacial score (nSPS) is 10.2. The van der Waals surface area contributed by atoms with Crippen molar-refractivity contribution in [2.45, 2.75) is 13.5 Å². The van der Waals surface area contributed by atoms with Crippen LogP contribution in [0.2, 0.25) is 0 Å². The monoisotopic (exact) mass is 336 g/mol. The van der Waals surface area contributed by atoms with Crippen LogP contribution < -0.4 is 5.32 Å². The second-order valence-electron chi connectivity index (χ2n) is 4.35. The van der Waals surface area contributed by atoms with Gasteiger partial charge in [-0.05, 0) is 42.8 Å². The van der Waals surface area contributed by atoms with Gasteiger partial charge in [-0.1, -0.05) is 15.9 Å². The molecule has 0 aliphatic rings. The molecule has 2 nitrogen and oxygen atoms in total. The van der Waals surface area contributed by atoms with Gasteiger partial charge in [-0.25, -0.2) is 8.78 Å². The highest BCUT2D eigenvalue weighted by atomic mass is 79.9. The van der Waals surface area contributed by atoms with E-state index in [1.54, 1.807) is 6.07 Å². The minimum atomic E-state index is -0.720. The first kappa shape index (κ1) is 14.5. The minimum Gasteiger partial charge on any atom is -0.381 e. The fourth-order valence-electron chi connectivity index (χ4n) is 1.78. The summed E-state index contributed by atoms with van der Waals surface area (Å²) in [5.41, 5.74) is 1.69. The van der Waals surface area contributed by atoms with Crippen LogP contribution >= 0.6 is 15.9 Å². The predicted molar refractivity (Wildman–Crippen MR) is 77.3 cm³/mol. The molecule has 0 radical (unpaired) electrons. The van der Waals surface area contributed by atoms with E-state index >= 15 is 0 Å². The predicted octanol–water partition coefficient (Wildman–Crippen LogP) is 4.52. The number of rotatable bonds is 3. The number of nitrogens with zero attached hydrogens (tertiary/aromatic N) is 1. The van der Waals surface area contributed by atoms with Gasteiger partial charge in [-0.3, -0.25) is 0 Å². The lowest BCUT2D eigenvalue weighted by atomic mass is 10.1. The Labute approximate surface area is 124 Å². The summed E-state index contributed by atoms with van der Waals surface area (Å²) in [4.78, 5) is 0. The van der Waals surface area contributed by atoms with Gasteiger partial charge in [0.25, 0.3) is 0 Å². The Morgan fingerprint density at radius 3 is 2.40 bits per heavy atom. The molecular formula is C15H11BrF2N2. The Balaban J connectivity index is 2.19. The van der Waals surface area contributed by atoms with Crippen molar-refractivity contribution in [2.75, 3.05) is 5.32 Å². The molecule has 0 amide bonds. The van der Waals surface area contributed by atoms with Crippen LogP contribution in [0.25, 0.3) is 0 Å². The van der Waals surface area contributed by atoms with Crippen molar-refractivity contribution < 1.29 is 8.78 Å². The molecule has 0 spiro atoms. The molecular weight excluding hydrogens is 326 g/mol. The van der Waals surface area contributed by atoms with Crippen LogP contribution in [0.3, 0.4) is 0 Å². The fraction of sp³-hybridized carbons (Fsp3) is 0.133. The average molecular weight is 337 g/mol. The number of nitrogens with one attached hydrogen (secondary N) is 1. The number of anilines is 1. The van der Waals surface area contributed by atoms with E-state index in [2.05, 4.69) is 21.2 Å². The van der Waals surface area contributed by atoms with Crippen LogP contribution in [0.15, 0.2) is 34.8 Å². The zero-order valence-electron chi connectivity index (χ0n) is 10.7. The van der Waals surface area contributed by atoms with Gasteiger partial charge >= 0.3 is 0 Å². The van der Waals surface area contributed by atoms with Gasteiger partial charge in [-0.15, -0.1) is 0 Å². The SMILES string of the molecule is Cc1cc(NCc2c(F)cc(C#N)cc2F)ccc1Br. The van der Waals surface area contributed by atoms with Crippen molar-refractivity contribution in [3.8, 4) is 6.07 Å². The van der Waals surface area contributed by atoms with Gasteiger partial charge in [0.05, 0.1) is 11.6 Å². The molecule has 2 aromatic rings. The van der Waals surface area contributed by atoms with Crippen molar-refractivity contribution in [1.82, 2.24) is 0 Å². The number of halogens is 3. The molecule has 0 aliphatic carbocycles. The first-order valence-electron chi connectivity index (χ1n) is 5.89. The Kier molecular flexibility index (Phi) is 4.35. The van der Waals surface area contributed by atoms with Gasteiger partial charge < -0.3 is 5.32 Å². The van der Waals surface area contributed by atoms with E-state index < -0.39 is 11.6 Å². The van der Waals surface area contributed by atoms with Crippen LogP contribution in [0.4, 0.5) is 14.5 Å². The molecule has 0 aliphatic heterocycles. The smallest absolute Gasteiger partial charge is 0.132 e. The summed E-state index contributed by atoms with van der Waals surface area (Å²) in [5.74, 6) is -1.44. The molecule has 1 N–H and O–H groups in total. The van der Waals surface area contributed by atoms with Crippen molar-refractivity contribution in [2.24, 2.45) is 0 Å². The molecule has 2 aromatic carbocycles. The number of benzene rings is 2. The lowest BCUT2D eigenvalue weighted by Gasteiger charge is -2.10. The van der Waals surface area contributed by atoms with E-state index in [-0.39, 0.29) is 17.7 Å². The van der Waals surface area contributed by atoms with Gasteiger partial charge in [0, 0.05) is 22.3 Å². The summed E-state index contributed by atoms with van der Waals surface area (Å²) in [5, 5.41) is 11.6. The number of nitriles is 1. The summed E-state index contributed by atoms with van der Waals surface area (Å²) in [6.45, 7) is 1.95. The molecule has 0 fully saturated rings. The Morgan fingerprint density at radius 1 is 1.20 bits per heavy atom. The van der Waals surface area contributed by atoms with E-state index in [0.717, 1.165) is 27.9 Å². The molecule has 0 heterocycles. The first-order chi connectivity index (χ1) is 9.51. The standard InChI is InChI=1S/C15H11BrF2N2/c1-9-4-11(2-3-13(9)16)20-8-12-14(17)5-10(7-19)6-15(12)18/h2-6,20H,8H2,1H3. The van der Waals surface area contributed by atoms with Crippen molar-refractivity contribution in [3.05, 3.63) is 63.1 Å². The van der Waals surface area contributed by atoms with Crippen LogP contribution in [0.1, 0.15) is 16.7 Å². The average Bonchev–Trinajstić information content (AvgIpc) is 2.41. The molecule has 102 valence electrons. The third-order valence-corrected chi connectivity index (χ3v) is 3.79. The van der Waals surface area contributed by atoms with Crippen LogP contribution in [0, 0.1) is 29.9 Å². The second-order valence-corrected chi connectivity index (χ2v) is 5.20. The zero-order chi connectivity index (χ0) is 14.7. The zero-order valence-corrected chi connectivity index (χ0v) is 12.3. The maximum absolute atomic E-state index is 13.7. The highest BCUT2D eigenvalue weighted by Crippen LogP contribution is 2.21. The van der Waals surface area contributed by atoms with Crippen molar-refractivity contribution in [3.63, 3.8) is 0 Å². The summed E-state index contributed by atoms with van der Waals surface area (Å²) in [7, 11) is 0. The summed E-state index contributed by atoms with van der Waals surface area (Å²) >= 11 is 3.39. The molecule has 2 rings (SSSR count). The Morgan fingerprint density at radius 2 is 1.85 bits per heavy atom. The molecule has 0 unspecified atom stereocenters. The lowest BCUT2D eigenvalue weighted by molar-refractivity contribution is 0.559. The van der Waals surface area contributed by atoms with Crippen molar-refractivity contribution in [1.29, 1.82) is 5.26 Å². The fourth-order valence-corrected chi connectivity index (χ4v) is 2.03. The highest BCUT2D eigenvalue weighted by Gasteiger charge is 2.11. The van der Waals surface area contributed by atoms with Crippen LogP contribution in [-0.2, 0) is 6.54 Å². The topological polar surface area (TPSA) is 35.8 Å². The third-order valence-electron chi connectivity index (χ3n) is 2.90. The highest BCUT2D eigenvalue weighted by molar-refractivity contribution is 9.10. The van der Waals surface area contributed by atoms with E-state index in [0.29, 0.717) is 0 Å². The second kappa shape index (κ2) is 6.02. The molecule has 0 saturated carbocycles. The summed E-state index contributed by atoms with van der Waals surface area (Å²) in [6.07, 6.45) is 0. The van der Waals surface area contributed by atoms with Crippen LogP contribution in [0.5, 0.6) is 0 Å². The maximum Gasteiger partial charge on any atom is 0.132 e. The third kappa shape index (κ3) is 3.14. The lowest BCUT2D eigenvalue weighted by Crippen LogP contribution is -2.05. The molecule has 0 atom stereocenters. The molecule has 5 heteroatoms. The molecule has 0 aromatic heterocycles. The van der Waals surface area contributed by atoms with Gasteiger partial charge in [0.15, 0.2) is 0 Å². The van der Waals surface area contributed by atoms with E-state index in [1.807, 2.05) is 25.1 Å². The van der Waals surface area contributed by atoms with E-state index in [9.17, 15) is 8.78 Å².